The number of carbonyl (C=O) groups excluding carboxylic acids is 2. The minimum atomic E-state index is -1.41. The second-order valence-corrected chi connectivity index (χ2v) is 2.14. The van der Waals surface area contributed by atoms with Gasteiger partial charge in [-0.3, -0.25) is 0 Å². The quantitative estimate of drug-likeness (QED) is 0.399. The van der Waals surface area contributed by atoms with E-state index >= 15 is 0 Å². The SMILES string of the molecule is CC(C)OC(=O)/C=C\C(=O)[O-]. The van der Waals surface area contributed by atoms with E-state index in [1.807, 2.05) is 0 Å². The summed E-state index contributed by atoms with van der Waals surface area (Å²) in [4.78, 5) is 20.3. The number of ether oxygens (including phenoxy) is 1. The fraction of sp³-hybridized carbons (Fsp3) is 0.429. The van der Waals surface area contributed by atoms with Gasteiger partial charge in [-0.2, -0.15) is 0 Å². The van der Waals surface area contributed by atoms with Crippen molar-refractivity contribution in [1.29, 1.82) is 0 Å². The van der Waals surface area contributed by atoms with E-state index in [2.05, 4.69) is 4.74 Å². The van der Waals surface area contributed by atoms with Crippen molar-refractivity contribution in [2.75, 3.05) is 0 Å². The van der Waals surface area contributed by atoms with E-state index in [-0.39, 0.29) is 6.10 Å². The molecule has 62 valence electrons. The van der Waals surface area contributed by atoms with Crippen LogP contribution in [0.25, 0.3) is 0 Å². The normalized spacial score (nSPS) is 10.5. The Balaban J connectivity index is 3.78. The molecule has 4 heteroatoms. The van der Waals surface area contributed by atoms with Crippen molar-refractivity contribution in [3.05, 3.63) is 12.2 Å². The lowest BCUT2D eigenvalue weighted by molar-refractivity contribution is -0.297. The predicted octanol–water partition coefficient (Wildman–Crippen LogP) is -0.756. The van der Waals surface area contributed by atoms with Crippen molar-refractivity contribution in [3.8, 4) is 0 Å². The topological polar surface area (TPSA) is 66.4 Å². The van der Waals surface area contributed by atoms with Gasteiger partial charge in [-0.05, 0) is 19.9 Å². The molecule has 0 heterocycles. The monoisotopic (exact) mass is 157 g/mol. The molecule has 0 saturated carbocycles. The Bertz CT molecular complexity index is 181. The molecule has 0 aromatic carbocycles. The maximum absolute atomic E-state index is 10.6. The lowest BCUT2D eigenvalue weighted by Gasteiger charge is -2.03. The zero-order valence-corrected chi connectivity index (χ0v) is 6.37. The van der Waals surface area contributed by atoms with Gasteiger partial charge in [0.25, 0.3) is 0 Å². The molecule has 0 aromatic heterocycles. The first-order valence-electron chi connectivity index (χ1n) is 3.12. The molecular weight excluding hydrogens is 148 g/mol. The van der Waals surface area contributed by atoms with Crippen LogP contribution < -0.4 is 5.11 Å². The van der Waals surface area contributed by atoms with Crippen molar-refractivity contribution in [2.45, 2.75) is 20.0 Å². The summed E-state index contributed by atoms with van der Waals surface area (Å²) >= 11 is 0. The van der Waals surface area contributed by atoms with Crippen LogP contribution >= 0.6 is 0 Å². The maximum Gasteiger partial charge on any atom is 0.331 e. The molecule has 0 aliphatic heterocycles. The molecule has 0 saturated heterocycles. The Kier molecular flexibility index (Phi) is 3.95. The molecule has 0 fully saturated rings. The molecule has 0 atom stereocenters. The first kappa shape index (κ1) is 9.68. The Morgan fingerprint density at radius 3 is 2.27 bits per heavy atom. The highest BCUT2D eigenvalue weighted by Gasteiger charge is 1.98. The highest BCUT2D eigenvalue weighted by Crippen LogP contribution is 1.89. The third kappa shape index (κ3) is 6.57. The number of carboxylic acids is 1. The van der Waals surface area contributed by atoms with Crippen LogP contribution in [-0.4, -0.2) is 18.0 Å². The Morgan fingerprint density at radius 2 is 1.91 bits per heavy atom. The van der Waals surface area contributed by atoms with Crippen LogP contribution in [0.1, 0.15) is 13.8 Å². The van der Waals surface area contributed by atoms with Crippen molar-refractivity contribution in [3.63, 3.8) is 0 Å². The van der Waals surface area contributed by atoms with Gasteiger partial charge in [0, 0.05) is 6.08 Å². The molecule has 0 spiro atoms. The van der Waals surface area contributed by atoms with Crippen molar-refractivity contribution in [1.82, 2.24) is 0 Å². The minimum absolute atomic E-state index is 0.242. The van der Waals surface area contributed by atoms with Crippen LogP contribution in [0.15, 0.2) is 12.2 Å². The van der Waals surface area contributed by atoms with Crippen LogP contribution in [-0.2, 0) is 14.3 Å². The Morgan fingerprint density at radius 1 is 1.36 bits per heavy atom. The third-order valence-corrected chi connectivity index (χ3v) is 0.707. The predicted molar refractivity (Wildman–Crippen MR) is 35.4 cm³/mol. The number of esters is 1. The molecule has 0 N–H and O–H groups in total. The van der Waals surface area contributed by atoms with Crippen LogP contribution in [0.5, 0.6) is 0 Å². The van der Waals surface area contributed by atoms with Crippen LogP contribution in [0.4, 0.5) is 0 Å². The van der Waals surface area contributed by atoms with E-state index in [4.69, 9.17) is 0 Å². The highest BCUT2D eigenvalue weighted by atomic mass is 16.5. The molecule has 11 heavy (non-hydrogen) atoms. The van der Waals surface area contributed by atoms with Gasteiger partial charge in [0.1, 0.15) is 0 Å². The summed E-state index contributed by atoms with van der Waals surface area (Å²) < 4.78 is 4.58. The van der Waals surface area contributed by atoms with E-state index < -0.39 is 11.9 Å². The average molecular weight is 157 g/mol. The number of hydrogen-bond acceptors (Lipinski definition) is 4. The number of hydrogen-bond donors (Lipinski definition) is 0. The molecule has 0 bridgehead atoms. The number of aliphatic carboxylic acids is 1. The molecule has 0 aliphatic rings. The molecule has 0 aromatic rings. The Hall–Kier alpha value is -1.32. The molecular formula is C7H9O4-. The minimum Gasteiger partial charge on any atom is -0.545 e. The van der Waals surface area contributed by atoms with E-state index in [0.29, 0.717) is 6.08 Å². The first-order valence-corrected chi connectivity index (χ1v) is 3.12. The summed E-state index contributed by atoms with van der Waals surface area (Å²) in [6, 6.07) is 0. The van der Waals surface area contributed by atoms with Gasteiger partial charge in [0.2, 0.25) is 0 Å². The largest absolute Gasteiger partial charge is 0.545 e. The van der Waals surface area contributed by atoms with E-state index in [1.54, 1.807) is 13.8 Å². The third-order valence-electron chi connectivity index (χ3n) is 0.707. The number of carbonyl (C=O) groups is 2. The summed E-state index contributed by atoms with van der Waals surface area (Å²) in [6.07, 6.45) is 1.20. The van der Waals surface area contributed by atoms with Gasteiger partial charge in [0.15, 0.2) is 0 Å². The van der Waals surface area contributed by atoms with Crippen LogP contribution in [0.2, 0.25) is 0 Å². The second kappa shape index (κ2) is 4.49. The van der Waals surface area contributed by atoms with Crippen molar-refractivity contribution in [2.24, 2.45) is 0 Å². The van der Waals surface area contributed by atoms with Gasteiger partial charge in [-0.25, -0.2) is 4.79 Å². The molecule has 0 rings (SSSR count). The van der Waals surface area contributed by atoms with Gasteiger partial charge >= 0.3 is 5.97 Å². The fourth-order valence-corrected chi connectivity index (χ4v) is 0.408. The fourth-order valence-electron chi connectivity index (χ4n) is 0.408. The summed E-state index contributed by atoms with van der Waals surface area (Å²) in [7, 11) is 0. The standard InChI is InChI=1S/C7H10O4/c1-5(2)11-7(10)4-3-6(8)9/h3-5H,1-2H3,(H,8,9)/p-1/b4-3-. The first-order chi connectivity index (χ1) is 5.02. The molecule has 0 aliphatic carbocycles. The van der Waals surface area contributed by atoms with E-state index in [1.165, 1.54) is 0 Å². The van der Waals surface area contributed by atoms with Gasteiger partial charge < -0.3 is 14.6 Å². The van der Waals surface area contributed by atoms with E-state index in [0.717, 1.165) is 6.08 Å². The van der Waals surface area contributed by atoms with Gasteiger partial charge in [0.05, 0.1) is 12.1 Å². The lowest BCUT2D eigenvalue weighted by atomic mass is 10.4. The summed E-state index contributed by atoms with van der Waals surface area (Å²) in [5.41, 5.74) is 0. The summed E-state index contributed by atoms with van der Waals surface area (Å²) in [5, 5.41) is 9.78. The summed E-state index contributed by atoms with van der Waals surface area (Å²) in [5.74, 6) is -2.09. The average Bonchev–Trinajstić information content (AvgIpc) is 1.82. The highest BCUT2D eigenvalue weighted by molar-refractivity contribution is 5.89. The van der Waals surface area contributed by atoms with Crippen LogP contribution in [0, 0.1) is 0 Å². The van der Waals surface area contributed by atoms with Gasteiger partial charge in [-0.15, -0.1) is 0 Å². The Labute approximate surface area is 64.5 Å². The zero-order chi connectivity index (χ0) is 8.85. The van der Waals surface area contributed by atoms with Crippen molar-refractivity contribution >= 4 is 11.9 Å². The van der Waals surface area contributed by atoms with E-state index in [9.17, 15) is 14.7 Å². The molecule has 0 radical (unpaired) electrons. The molecule has 4 nitrogen and oxygen atoms in total. The number of rotatable bonds is 3. The molecule has 0 amide bonds. The molecule has 0 unspecified atom stereocenters. The zero-order valence-electron chi connectivity index (χ0n) is 6.37. The maximum atomic E-state index is 10.6. The summed E-state index contributed by atoms with van der Waals surface area (Å²) in [6.45, 7) is 3.34. The van der Waals surface area contributed by atoms with Crippen LogP contribution in [0.3, 0.4) is 0 Å². The second-order valence-electron chi connectivity index (χ2n) is 2.14. The number of carboxylic acid groups (broad SMARTS) is 1. The lowest BCUT2D eigenvalue weighted by Crippen LogP contribution is -2.19. The van der Waals surface area contributed by atoms with Gasteiger partial charge in [-0.1, -0.05) is 0 Å². The smallest absolute Gasteiger partial charge is 0.331 e. The van der Waals surface area contributed by atoms with Crippen molar-refractivity contribution < 1.29 is 19.4 Å².